The van der Waals surface area contributed by atoms with E-state index in [-0.39, 0.29) is 5.41 Å². The number of carbonyl (C=O) groups is 1. The fraction of sp³-hybridized carbons (Fsp3) is 0.400. The lowest BCUT2D eigenvalue weighted by Gasteiger charge is -2.37. The maximum absolute atomic E-state index is 11.8. The van der Waals surface area contributed by atoms with Crippen molar-refractivity contribution >= 4 is 12.1 Å². The van der Waals surface area contributed by atoms with Gasteiger partial charge in [-0.25, -0.2) is 0 Å². The molecule has 1 fully saturated rings. The van der Waals surface area contributed by atoms with E-state index < -0.39 is 0 Å². The number of amides is 1. The highest BCUT2D eigenvalue weighted by Gasteiger charge is 2.32. The maximum atomic E-state index is 11.8. The molecule has 132 valence electrons. The van der Waals surface area contributed by atoms with E-state index in [1.165, 1.54) is 5.56 Å². The molecule has 1 N–H and O–H groups in total. The van der Waals surface area contributed by atoms with Crippen molar-refractivity contribution in [2.45, 2.75) is 31.7 Å². The Morgan fingerprint density at radius 1 is 1.24 bits per heavy atom. The van der Waals surface area contributed by atoms with Gasteiger partial charge in [-0.2, -0.15) is 0 Å². The van der Waals surface area contributed by atoms with Crippen LogP contribution in [0.2, 0.25) is 0 Å². The molecule has 1 amide bonds. The van der Waals surface area contributed by atoms with Gasteiger partial charge in [-0.1, -0.05) is 19.1 Å². The molecule has 1 saturated heterocycles. The molecule has 0 atom stereocenters. The number of piperidine rings is 1. The first-order valence-corrected chi connectivity index (χ1v) is 8.66. The molecule has 5 nitrogen and oxygen atoms in total. The minimum atomic E-state index is 0.0602. The summed E-state index contributed by atoms with van der Waals surface area (Å²) in [4.78, 5) is 17.9. The van der Waals surface area contributed by atoms with Gasteiger partial charge in [0.25, 0.3) is 0 Å². The zero-order chi connectivity index (χ0) is 17.7. The van der Waals surface area contributed by atoms with E-state index >= 15 is 0 Å². The molecule has 2 aromatic rings. The highest BCUT2D eigenvalue weighted by Crippen LogP contribution is 2.38. The summed E-state index contributed by atoms with van der Waals surface area (Å²) in [5.41, 5.74) is 3.21. The van der Waals surface area contributed by atoms with Crippen molar-refractivity contribution in [1.82, 2.24) is 10.3 Å². The van der Waals surface area contributed by atoms with Crippen molar-refractivity contribution in [2.75, 3.05) is 25.1 Å². The molecule has 25 heavy (non-hydrogen) atoms. The average molecular weight is 339 g/mol. The van der Waals surface area contributed by atoms with Crippen LogP contribution in [0.25, 0.3) is 0 Å². The second kappa shape index (κ2) is 7.66. The second-order valence-electron chi connectivity index (χ2n) is 6.78. The number of pyridine rings is 1. The molecule has 0 spiro atoms. The van der Waals surface area contributed by atoms with Gasteiger partial charge in [-0.15, -0.1) is 0 Å². The number of ether oxygens (including phenoxy) is 1. The van der Waals surface area contributed by atoms with Crippen LogP contribution in [0.4, 0.5) is 5.69 Å². The third kappa shape index (κ3) is 3.82. The summed E-state index contributed by atoms with van der Waals surface area (Å²) >= 11 is 0. The smallest absolute Gasteiger partial charge is 0.214 e. The van der Waals surface area contributed by atoms with Crippen molar-refractivity contribution in [1.29, 1.82) is 0 Å². The molecular weight excluding hydrogens is 314 g/mol. The SMILES string of the molecule is COc1ccc(CN(C=O)c2cnccc2C2(C)CCNCC2)cc1. The van der Waals surface area contributed by atoms with Crippen LogP contribution < -0.4 is 15.0 Å². The Labute approximate surface area is 149 Å². The molecule has 1 aliphatic heterocycles. The number of nitrogens with one attached hydrogen (secondary N) is 1. The Morgan fingerprint density at radius 3 is 2.60 bits per heavy atom. The predicted octanol–water partition coefficient (Wildman–Crippen LogP) is 2.89. The number of carbonyl (C=O) groups excluding carboxylic acids is 1. The van der Waals surface area contributed by atoms with E-state index in [1.807, 2.05) is 30.5 Å². The van der Waals surface area contributed by atoms with Gasteiger partial charge in [-0.3, -0.25) is 9.78 Å². The predicted molar refractivity (Wildman–Crippen MR) is 98.9 cm³/mol. The van der Waals surface area contributed by atoms with E-state index in [0.717, 1.165) is 49.3 Å². The molecule has 0 radical (unpaired) electrons. The van der Waals surface area contributed by atoms with Gasteiger partial charge < -0.3 is 15.0 Å². The number of hydrogen-bond donors (Lipinski definition) is 1. The number of hydrogen-bond acceptors (Lipinski definition) is 4. The van der Waals surface area contributed by atoms with Crippen molar-refractivity contribution in [2.24, 2.45) is 0 Å². The van der Waals surface area contributed by atoms with Crippen LogP contribution in [0.1, 0.15) is 30.9 Å². The molecule has 1 aliphatic rings. The van der Waals surface area contributed by atoms with Crippen LogP contribution in [0, 0.1) is 0 Å². The fourth-order valence-corrected chi connectivity index (χ4v) is 3.48. The number of rotatable bonds is 6. The first kappa shape index (κ1) is 17.4. The third-order valence-electron chi connectivity index (χ3n) is 5.11. The molecule has 3 rings (SSSR count). The Kier molecular flexibility index (Phi) is 5.34. The molecule has 0 aliphatic carbocycles. The standard InChI is InChI=1S/C20H25N3O2/c1-20(8-11-21-12-9-20)18-7-10-22-13-19(18)23(15-24)14-16-3-5-17(25-2)6-4-16/h3-7,10,13,15,21H,8-9,11-12,14H2,1-2H3. The quantitative estimate of drug-likeness (QED) is 0.822. The minimum Gasteiger partial charge on any atom is -0.497 e. The number of benzene rings is 1. The van der Waals surface area contributed by atoms with Crippen LogP contribution in [-0.2, 0) is 16.8 Å². The van der Waals surface area contributed by atoms with Gasteiger partial charge in [0, 0.05) is 6.20 Å². The molecule has 0 saturated carbocycles. The number of nitrogens with zero attached hydrogens (tertiary/aromatic N) is 2. The maximum Gasteiger partial charge on any atom is 0.214 e. The van der Waals surface area contributed by atoms with Crippen molar-refractivity contribution in [3.05, 3.63) is 53.9 Å². The van der Waals surface area contributed by atoms with E-state index in [1.54, 1.807) is 18.2 Å². The average Bonchev–Trinajstić information content (AvgIpc) is 2.67. The molecule has 1 aromatic carbocycles. The molecular formula is C20H25N3O2. The van der Waals surface area contributed by atoms with Gasteiger partial charge in [0.05, 0.1) is 25.5 Å². The topological polar surface area (TPSA) is 54.5 Å². The van der Waals surface area contributed by atoms with Crippen molar-refractivity contribution < 1.29 is 9.53 Å². The Hall–Kier alpha value is -2.40. The van der Waals surface area contributed by atoms with Crippen LogP contribution in [0.5, 0.6) is 5.75 Å². The van der Waals surface area contributed by atoms with Gasteiger partial charge in [0.2, 0.25) is 6.41 Å². The molecule has 0 bridgehead atoms. The first-order valence-electron chi connectivity index (χ1n) is 8.66. The van der Waals surface area contributed by atoms with E-state index in [9.17, 15) is 4.79 Å². The Bertz CT molecular complexity index is 709. The summed E-state index contributed by atoms with van der Waals surface area (Å²) in [5, 5.41) is 3.41. The van der Waals surface area contributed by atoms with Crippen molar-refractivity contribution in [3.8, 4) is 5.75 Å². The Balaban J connectivity index is 1.89. The van der Waals surface area contributed by atoms with E-state index in [4.69, 9.17) is 4.74 Å². The first-order chi connectivity index (χ1) is 12.2. The highest BCUT2D eigenvalue weighted by molar-refractivity contribution is 5.77. The zero-order valence-corrected chi connectivity index (χ0v) is 14.9. The van der Waals surface area contributed by atoms with E-state index in [0.29, 0.717) is 6.54 Å². The van der Waals surface area contributed by atoms with Gasteiger partial charge >= 0.3 is 0 Å². The molecule has 5 heteroatoms. The summed E-state index contributed by atoms with van der Waals surface area (Å²) in [6, 6.07) is 9.85. The number of anilines is 1. The van der Waals surface area contributed by atoms with Gasteiger partial charge in [0.15, 0.2) is 0 Å². The minimum absolute atomic E-state index is 0.0602. The molecule has 2 heterocycles. The van der Waals surface area contributed by atoms with E-state index in [2.05, 4.69) is 23.3 Å². The molecule has 0 unspecified atom stereocenters. The van der Waals surface area contributed by atoms with Crippen LogP contribution in [0.3, 0.4) is 0 Å². The Morgan fingerprint density at radius 2 is 1.96 bits per heavy atom. The summed E-state index contributed by atoms with van der Waals surface area (Å²) in [7, 11) is 1.65. The number of aromatic nitrogens is 1. The van der Waals surface area contributed by atoms with Crippen molar-refractivity contribution in [3.63, 3.8) is 0 Å². The normalized spacial score (nSPS) is 16.2. The zero-order valence-electron chi connectivity index (χ0n) is 14.9. The number of methoxy groups -OCH3 is 1. The second-order valence-corrected chi connectivity index (χ2v) is 6.78. The fourth-order valence-electron chi connectivity index (χ4n) is 3.48. The highest BCUT2D eigenvalue weighted by atomic mass is 16.5. The lowest BCUT2D eigenvalue weighted by molar-refractivity contribution is -0.107. The van der Waals surface area contributed by atoms with Gasteiger partial charge in [-0.05, 0) is 60.7 Å². The summed E-state index contributed by atoms with van der Waals surface area (Å²) < 4.78 is 5.20. The largest absolute Gasteiger partial charge is 0.497 e. The van der Waals surface area contributed by atoms with Crippen LogP contribution in [0.15, 0.2) is 42.7 Å². The monoisotopic (exact) mass is 339 g/mol. The lowest BCUT2D eigenvalue weighted by atomic mass is 9.74. The van der Waals surface area contributed by atoms with Gasteiger partial charge in [0.1, 0.15) is 5.75 Å². The lowest BCUT2D eigenvalue weighted by Crippen LogP contribution is -2.39. The van der Waals surface area contributed by atoms with Crippen LogP contribution in [-0.4, -0.2) is 31.6 Å². The summed E-state index contributed by atoms with van der Waals surface area (Å²) in [6.07, 6.45) is 6.64. The third-order valence-corrected chi connectivity index (χ3v) is 5.11. The van der Waals surface area contributed by atoms with Crippen LogP contribution >= 0.6 is 0 Å². The summed E-state index contributed by atoms with van der Waals surface area (Å²) in [5.74, 6) is 0.811. The molecule has 1 aromatic heterocycles. The summed E-state index contributed by atoms with van der Waals surface area (Å²) in [6.45, 7) is 4.79.